The van der Waals surface area contributed by atoms with E-state index >= 15 is 0 Å². The molecule has 28 heavy (non-hydrogen) atoms. The Kier molecular flexibility index (Phi) is 7.87. The summed E-state index contributed by atoms with van der Waals surface area (Å²) in [4.78, 5) is 32.1. The number of likely N-dealkylation sites (tertiary alicyclic amines) is 1. The molecule has 0 atom stereocenters. The third kappa shape index (κ3) is 5.81. The summed E-state index contributed by atoms with van der Waals surface area (Å²) in [6, 6.07) is 1.84. The van der Waals surface area contributed by atoms with Gasteiger partial charge in [-0.2, -0.15) is 0 Å². The minimum absolute atomic E-state index is 0.313. The number of nitrogens with one attached hydrogen (secondary N) is 1. The van der Waals surface area contributed by atoms with Crippen LogP contribution in [0, 0.1) is 0 Å². The zero-order chi connectivity index (χ0) is 19.6. The molecule has 1 amide bonds. The van der Waals surface area contributed by atoms with Gasteiger partial charge in [0, 0.05) is 71.2 Å². The van der Waals surface area contributed by atoms with Gasteiger partial charge in [-0.05, 0) is 32.3 Å². The van der Waals surface area contributed by atoms with Crippen molar-refractivity contribution >= 4 is 17.8 Å². The average molecular weight is 388 g/mol. The number of aliphatic imine (C=N–C) groups is 1. The lowest BCUT2D eigenvalue weighted by molar-refractivity contribution is -0.130. The summed E-state index contributed by atoms with van der Waals surface area (Å²) < 4.78 is 0. The van der Waals surface area contributed by atoms with Gasteiger partial charge < -0.3 is 20.0 Å². The lowest BCUT2D eigenvalue weighted by Gasteiger charge is -2.36. The Balaban J connectivity index is 1.47. The van der Waals surface area contributed by atoms with Gasteiger partial charge in [-0.3, -0.25) is 9.79 Å². The molecule has 1 N–H and O–H groups in total. The molecule has 154 valence electrons. The first-order chi connectivity index (χ1) is 13.8. The molecule has 2 aliphatic heterocycles. The van der Waals surface area contributed by atoms with Crippen molar-refractivity contribution in [2.75, 3.05) is 57.3 Å². The molecule has 0 unspecified atom stereocenters. The topological polar surface area (TPSA) is 77.0 Å². The molecule has 8 heteroatoms. The van der Waals surface area contributed by atoms with E-state index in [9.17, 15) is 4.79 Å². The van der Waals surface area contributed by atoms with Crippen molar-refractivity contribution in [2.24, 2.45) is 4.99 Å². The van der Waals surface area contributed by atoms with E-state index in [1.807, 2.05) is 11.0 Å². The van der Waals surface area contributed by atoms with Crippen LogP contribution in [0.2, 0.25) is 0 Å². The van der Waals surface area contributed by atoms with Crippen LogP contribution in [0.15, 0.2) is 23.5 Å². The highest BCUT2D eigenvalue weighted by atomic mass is 16.2. The third-order valence-electron chi connectivity index (χ3n) is 5.27. The highest BCUT2D eigenvalue weighted by Gasteiger charge is 2.21. The number of amides is 1. The lowest BCUT2D eigenvalue weighted by Crippen LogP contribution is -2.53. The SMILES string of the molecule is CCNC(=NCCCN1CCCCCC1=O)N1CCN(c2ncccn2)CC1. The van der Waals surface area contributed by atoms with E-state index < -0.39 is 0 Å². The molecule has 0 aliphatic carbocycles. The lowest BCUT2D eigenvalue weighted by atomic mass is 10.2. The molecule has 2 saturated heterocycles. The van der Waals surface area contributed by atoms with E-state index in [0.29, 0.717) is 12.3 Å². The van der Waals surface area contributed by atoms with Crippen molar-refractivity contribution < 1.29 is 4.79 Å². The van der Waals surface area contributed by atoms with Gasteiger partial charge in [0.25, 0.3) is 0 Å². The minimum Gasteiger partial charge on any atom is -0.357 e. The summed E-state index contributed by atoms with van der Waals surface area (Å²) in [6.07, 6.45) is 8.54. The molecule has 0 spiro atoms. The molecule has 2 fully saturated rings. The Hall–Kier alpha value is -2.38. The normalized spacial score (nSPS) is 19.0. The summed E-state index contributed by atoms with van der Waals surface area (Å²) in [5, 5.41) is 3.41. The van der Waals surface area contributed by atoms with Gasteiger partial charge in [-0.15, -0.1) is 0 Å². The standard InChI is InChI=1S/C20H33N7O/c1-2-21-19(24-11-7-13-25-12-5-3-4-8-18(25)28)26-14-16-27(17-15-26)20-22-9-6-10-23-20/h6,9-10H,2-5,7-8,11-17H2,1H3,(H,21,24). The van der Waals surface area contributed by atoms with E-state index in [-0.39, 0.29) is 0 Å². The van der Waals surface area contributed by atoms with Crippen molar-refractivity contribution in [3.8, 4) is 0 Å². The van der Waals surface area contributed by atoms with Crippen LogP contribution in [0.1, 0.15) is 39.0 Å². The number of nitrogens with zero attached hydrogens (tertiary/aromatic N) is 6. The van der Waals surface area contributed by atoms with Gasteiger partial charge in [0.1, 0.15) is 0 Å². The number of aromatic nitrogens is 2. The van der Waals surface area contributed by atoms with E-state index in [0.717, 1.165) is 83.5 Å². The van der Waals surface area contributed by atoms with Crippen molar-refractivity contribution in [1.82, 2.24) is 25.1 Å². The molecule has 8 nitrogen and oxygen atoms in total. The van der Waals surface area contributed by atoms with Gasteiger partial charge in [0.05, 0.1) is 0 Å². The highest BCUT2D eigenvalue weighted by Crippen LogP contribution is 2.12. The Morgan fingerprint density at radius 2 is 1.89 bits per heavy atom. The molecule has 1 aromatic heterocycles. The second-order valence-corrected chi connectivity index (χ2v) is 7.30. The Morgan fingerprint density at radius 1 is 1.11 bits per heavy atom. The van der Waals surface area contributed by atoms with Crippen LogP contribution < -0.4 is 10.2 Å². The number of guanidine groups is 1. The van der Waals surface area contributed by atoms with Crippen LogP contribution in [0.3, 0.4) is 0 Å². The van der Waals surface area contributed by atoms with Crippen LogP contribution in [-0.4, -0.2) is 84.0 Å². The van der Waals surface area contributed by atoms with Gasteiger partial charge in [-0.1, -0.05) is 6.42 Å². The van der Waals surface area contributed by atoms with Crippen molar-refractivity contribution in [3.05, 3.63) is 18.5 Å². The zero-order valence-electron chi connectivity index (χ0n) is 17.0. The van der Waals surface area contributed by atoms with E-state index in [4.69, 9.17) is 4.99 Å². The van der Waals surface area contributed by atoms with Gasteiger partial charge in [0.2, 0.25) is 11.9 Å². The number of piperazine rings is 1. The van der Waals surface area contributed by atoms with Crippen LogP contribution in [-0.2, 0) is 4.79 Å². The second-order valence-electron chi connectivity index (χ2n) is 7.30. The summed E-state index contributed by atoms with van der Waals surface area (Å²) in [6.45, 7) is 8.99. The zero-order valence-corrected chi connectivity index (χ0v) is 17.0. The van der Waals surface area contributed by atoms with Crippen molar-refractivity contribution in [1.29, 1.82) is 0 Å². The Labute approximate surface area is 168 Å². The summed E-state index contributed by atoms with van der Waals surface area (Å²) in [5.74, 6) is 2.08. The van der Waals surface area contributed by atoms with Crippen LogP contribution in [0.4, 0.5) is 5.95 Å². The highest BCUT2D eigenvalue weighted by molar-refractivity contribution is 5.80. The van der Waals surface area contributed by atoms with Crippen LogP contribution in [0.5, 0.6) is 0 Å². The van der Waals surface area contributed by atoms with Gasteiger partial charge in [-0.25, -0.2) is 9.97 Å². The molecule has 1 aromatic rings. The maximum Gasteiger partial charge on any atom is 0.225 e. The molecular formula is C20H33N7O. The number of carbonyl (C=O) groups is 1. The fourth-order valence-electron chi connectivity index (χ4n) is 3.72. The van der Waals surface area contributed by atoms with Crippen molar-refractivity contribution in [3.63, 3.8) is 0 Å². The maximum absolute atomic E-state index is 12.1. The fraction of sp³-hybridized carbons (Fsp3) is 0.700. The first kappa shape index (κ1) is 20.4. The molecule has 0 radical (unpaired) electrons. The van der Waals surface area contributed by atoms with Gasteiger partial charge in [0.15, 0.2) is 5.96 Å². The minimum atomic E-state index is 0.313. The molecule has 3 rings (SSSR count). The van der Waals surface area contributed by atoms with Crippen LogP contribution >= 0.6 is 0 Å². The average Bonchev–Trinajstić information content (AvgIpc) is 2.95. The quantitative estimate of drug-likeness (QED) is 0.451. The molecule has 2 aliphatic rings. The predicted molar refractivity (Wildman–Crippen MR) is 111 cm³/mol. The van der Waals surface area contributed by atoms with E-state index in [2.05, 4.69) is 32.0 Å². The predicted octanol–water partition coefficient (Wildman–Crippen LogP) is 1.36. The van der Waals surface area contributed by atoms with Gasteiger partial charge >= 0.3 is 0 Å². The maximum atomic E-state index is 12.1. The second kappa shape index (κ2) is 10.8. The smallest absolute Gasteiger partial charge is 0.225 e. The third-order valence-corrected chi connectivity index (χ3v) is 5.27. The molecular weight excluding hydrogens is 354 g/mol. The summed E-state index contributed by atoms with van der Waals surface area (Å²) >= 11 is 0. The molecule has 0 saturated carbocycles. The van der Waals surface area contributed by atoms with E-state index in [1.54, 1.807) is 12.4 Å². The summed E-state index contributed by atoms with van der Waals surface area (Å²) in [7, 11) is 0. The van der Waals surface area contributed by atoms with E-state index in [1.165, 1.54) is 6.42 Å². The molecule has 3 heterocycles. The number of rotatable bonds is 6. The Bertz CT molecular complexity index is 629. The molecule has 0 bridgehead atoms. The number of anilines is 1. The number of carbonyl (C=O) groups excluding carboxylic acids is 1. The molecule has 0 aromatic carbocycles. The fourth-order valence-corrected chi connectivity index (χ4v) is 3.72. The first-order valence-corrected chi connectivity index (χ1v) is 10.6. The number of hydrogen-bond donors (Lipinski definition) is 1. The summed E-state index contributed by atoms with van der Waals surface area (Å²) in [5.41, 5.74) is 0. The monoisotopic (exact) mass is 387 g/mol. The van der Waals surface area contributed by atoms with Crippen molar-refractivity contribution in [2.45, 2.75) is 39.0 Å². The number of hydrogen-bond acceptors (Lipinski definition) is 5. The first-order valence-electron chi connectivity index (χ1n) is 10.6. The Morgan fingerprint density at radius 3 is 2.64 bits per heavy atom. The van der Waals surface area contributed by atoms with Crippen LogP contribution in [0.25, 0.3) is 0 Å². The largest absolute Gasteiger partial charge is 0.357 e.